The zero-order valence-electron chi connectivity index (χ0n) is 8.76. The van der Waals surface area contributed by atoms with Gasteiger partial charge in [0.15, 0.2) is 0 Å². The van der Waals surface area contributed by atoms with E-state index in [4.69, 9.17) is 0 Å². The monoisotopic (exact) mass is 259 g/mol. The molecule has 1 rings (SSSR count). The number of thioether (sulfide) groups is 1. The SMILES string of the molecule is CCC1CN(C(=O)C(F)(F)C(F)F)CCS1. The third-order valence-electron chi connectivity index (χ3n) is 2.44. The van der Waals surface area contributed by atoms with E-state index in [1.165, 1.54) is 0 Å². The molecule has 1 aliphatic heterocycles. The average molecular weight is 259 g/mol. The maximum atomic E-state index is 12.8. The number of alkyl halides is 4. The van der Waals surface area contributed by atoms with Crippen molar-refractivity contribution in [2.24, 2.45) is 0 Å². The van der Waals surface area contributed by atoms with Crippen LogP contribution < -0.4 is 0 Å². The lowest BCUT2D eigenvalue weighted by Crippen LogP contribution is -2.51. The van der Waals surface area contributed by atoms with Crippen LogP contribution in [0.4, 0.5) is 17.6 Å². The summed E-state index contributed by atoms with van der Waals surface area (Å²) in [6, 6.07) is 0. The van der Waals surface area contributed by atoms with E-state index in [1.54, 1.807) is 11.8 Å². The molecule has 1 amide bonds. The van der Waals surface area contributed by atoms with Crippen LogP contribution in [0.3, 0.4) is 0 Å². The van der Waals surface area contributed by atoms with Crippen LogP contribution in [-0.4, -0.2) is 47.2 Å². The molecule has 1 atom stereocenters. The molecule has 0 spiro atoms. The van der Waals surface area contributed by atoms with Crippen LogP contribution >= 0.6 is 11.8 Å². The fourth-order valence-corrected chi connectivity index (χ4v) is 2.64. The van der Waals surface area contributed by atoms with Gasteiger partial charge in [0.2, 0.25) is 0 Å². The summed E-state index contributed by atoms with van der Waals surface area (Å²) in [4.78, 5) is 12.1. The van der Waals surface area contributed by atoms with Gasteiger partial charge in [0.1, 0.15) is 0 Å². The Morgan fingerprint density at radius 3 is 2.69 bits per heavy atom. The molecular weight excluding hydrogens is 246 g/mol. The highest BCUT2D eigenvalue weighted by atomic mass is 32.2. The number of carbonyl (C=O) groups excluding carboxylic acids is 1. The molecule has 0 bridgehead atoms. The average Bonchev–Trinajstić information content (AvgIpc) is 2.27. The lowest BCUT2D eigenvalue weighted by Gasteiger charge is -2.33. The molecule has 0 N–H and O–H groups in total. The zero-order valence-corrected chi connectivity index (χ0v) is 9.58. The topological polar surface area (TPSA) is 20.3 Å². The van der Waals surface area contributed by atoms with Crippen LogP contribution in [0, 0.1) is 0 Å². The molecule has 0 saturated carbocycles. The molecule has 0 aliphatic carbocycles. The van der Waals surface area contributed by atoms with Crippen LogP contribution in [0.25, 0.3) is 0 Å². The lowest BCUT2D eigenvalue weighted by atomic mass is 10.2. The van der Waals surface area contributed by atoms with Crippen LogP contribution in [0.2, 0.25) is 0 Å². The predicted molar refractivity (Wildman–Crippen MR) is 54.1 cm³/mol. The van der Waals surface area contributed by atoms with Crippen molar-refractivity contribution < 1.29 is 22.4 Å². The van der Waals surface area contributed by atoms with E-state index >= 15 is 0 Å². The Labute approximate surface area is 95.4 Å². The molecule has 0 aromatic rings. The van der Waals surface area contributed by atoms with Gasteiger partial charge in [0, 0.05) is 24.1 Å². The Balaban J connectivity index is 2.66. The van der Waals surface area contributed by atoms with Gasteiger partial charge in [0.25, 0.3) is 5.91 Å². The van der Waals surface area contributed by atoms with Crippen molar-refractivity contribution in [1.82, 2.24) is 4.90 Å². The Bertz CT molecular complexity index is 262. The first-order valence-electron chi connectivity index (χ1n) is 4.96. The van der Waals surface area contributed by atoms with Crippen LogP contribution in [0.1, 0.15) is 13.3 Å². The van der Waals surface area contributed by atoms with Crippen molar-refractivity contribution in [1.29, 1.82) is 0 Å². The molecule has 1 fully saturated rings. The molecule has 0 aromatic heterocycles. The van der Waals surface area contributed by atoms with Gasteiger partial charge in [-0.15, -0.1) is 0 Å². The zero-order chi connectivity index (χ0) is 12.3. The van der Waals surface area contributed by atoms with Gasteiger partial charge in [-0.3, -0.25) is 4.79 Å². The van der Waals surface area contributed by atoms with E-state index < -0.39 is 18.3 Å². The van der Waals surface area contributed by atoms with E-state index in [2.05, 4.69) is 0 Å². The molecule has 1 saturated heterocycles. The summed E-state index contributed by atoms with van der Waals surface area (Å²) >= 11 is 1.58. The molecular formula is C9H13F4NOS. The second-order valence-electron chi connectivity index (χ2n) is 3.58. The van der Waals surface area contributed by atoms with Crippen molar-refractivity contribution in [3.05, 3.63) is 0 Å². The second-order valence-corrected chi connectivity index (χ2v) is 4.98. The minimum absolute atomic E-state index is 0.0613. The Hall–Kier alpha value is -0.460. The summed E-state index contributed by atoms with van der Waals surface area (Å²) in [7, 11) is 0. The number of halogens is 4. The third-order valence-corrected chi connectivity index (χ3v) is 3.81. The largest absolute Gasteiger partial charge is 0.383 e. The molecule has 2 nitrogen and oxygen atoms in total. The molecule has 7 heteroatoms. The van der Waals surface area contributed by atoms with E-state index in [-0.39, 0.29) is 18.3 Å². The number of rotatable bonds is 3. The summed E-state index contributed by atoms with van der Waals surface area (Å²) in [5, 5.41) is 0.0613. The minimum atomic E-state index is -4.56. The van der Waals surface area contributed by atoms with Crippen molar-refractivity contribution in [2.75, 3.05) is 18.8 Å². The number of carbonyl (C=O) groups is 1. The molecule has 94 valence electrons. The molecule has 0 radical (unpaired) electrons. The number of hydrogen-bond donors (Lipinski definition) is 0. The van der Waals surface area contributed by atoms with Gasteiger partial charge in [-0.1, -0.05) is 6.92 Å². The Morgan fingerprint density at radius 1 is 1.56 bits per heavy atom. The normalized spacial score (nSPS) is 22.6. The second kappa shape index (κ2) is 5.25. The van der Waals surface area contributed by atoms with Crippen molar-refractivity contribution in [2.45, 2.75) is 30.9 Å². The van der Waals surface area contributed by atoms with Crippen molar-refractivity contribution >= 4 is 17.7 Å². The molecule has 0 aromatic carbocycles. The number of nitrogens with zero attached hydrogens (tertiary/aromatic N) is 1. The predicted octanol–water partition coefficient (Wildman–Crippen LogP) is 2.24. The summed E-state index contributed by atoms with van der Waals surface area (Å²) in [6.07, 6.45) is -3.20. The van der Waals surface area contributed by atoms with Gasteiger partial charge in [-0.05, 0) is 6.42 Å². The summed E-state index contributed by atoms with van der Waals surface area (Å²) < 4.78 is 49.6. The van der Waals surface area contributed by atoms with Gasteiger partial charge < -0.3 is 4.90 Å². The highest BCUT2D eigenvalue weighted by Crippen LogP contribution is 2.28. The smallest absolute Gasteiger partial charge is 0.335 e. The molecule has 1 heterocycles. The van der Waals surface area contributed by atoms with Crippen LogP contribution in [0.5, 0.6) is 0 Å². The molecule has 1 unspecified atom stereocenters. The lowest BCUT2D eigenvalue weighted by molar-refractivity contribution is -0.180. The first-order chi connectivity index (χ1) is 7.39. The minimum Gasteiger partial charge on any atom is -0.335 e. The summed E-state index contributed by atoms with van der Waals surface area (Å²) in [6.45, 7) is 2.11. The number of amides is 1. The highest BCUT2D eigenvalue weighted by molar-refractivity contribution is 8.00. The number of hydrogen-bond acceptors (Lipinski definition) is 2. The maximum absolute atomic E-state index is 12.8. The Kier molecular flexibility index (Phi) is 4.46. The summed E-state index contributed by atoms with van der Waals surface area (Å²) in [5.74, 6) is -5.79. The van der Waals surface area contributed by atoms with Crippen molar-refractivity contribution in [3.8, 4) is 0 Å². The van der Waals surface area contributed by atoms with Gasteiger partial charge in [0.05, 0.1) is 0 Å². The van der Waals surface area contributed by atoms with E-state index in [1.807, 2.05) is 6.92 Å². The first-order valence-corrected chi connectivity index (χ1v) is 6.01. The van der Waals surface area contributed by atoms with Crippen LogP contribution in [-0.2, 0) is 4.79 Å². The van der Waals surface area contributed by atoms with E-state index in [0.29, 0.717) is 5.75 Å². The standard InChI is InChI=1S/C9H13F4NOS/c1-2-6-5-14(3-4-16-6)8(15)9(12,13)7(10)11/h6-7H,2-5H2,1H3. The fourth-order valence-electron chi connectivity index (χ4n) is 1.45. The highest BCUT2D eigenvalue weighted by Gasteiger charge is 2.51. The quantitative estimate of drug-likeness (QED) is 0.724. The maximum Gasteiger partial charge on any atom is 0.383 e. The molecule has 16 heavy (non-hydrogen) atoms. The van der Waals surface area contributed by atoms with Gasteiger partial charge in [-0.2, -0.15) is 20.5 Å². The fraction of sp³-hybridized carbons (Fsp3) is 0.889. The van der Waals surface area contributed by atoms with E-state index in [9.17, 15) is 22.4 Å². The third kappa shape index (κ3) is 2.81. The molecule has 1 aliphatic rings. The summed E-state index contributed by atoms with van der Waals surface area (Å²) in [5.41, 5.74) is 0. The Morgan fingerprint density at radius 2 is 2.19 bits per heavy atom. The van der Waals surface area contributed by atoms with Gasteiger partial charge >= 0.3 is 12.3 Å². The van der Waals surface area contributed by atoms with Crippen LogP contribution in [0.15, 0.2) is 0 Å². The van der Waals surface area contributed by atoms with E-state index in [0.717, 1.165) is 11.3 Å². The van der Waals surface area contributed by atoms with Gasteiger partial charge in [-0.25, -0.2) is 8.78 Å². The van der Waals surface area contributed by atoms with Crippen molar-refractivity contribution in [3.63, 3.8) is 0 Å². The first kappa shape index (κ1) is 13.6.